The van der Waals surface area contributed by atoms with Gasteiger partial charge in [-0.1, -0.05) is 5.22 Å². The Labute approximate surface area is 142 Å². The van der Waals surface area contributed by atoms with Crippen LogP contribution in [0.2, 0.25) is 0 Å². The highest BCUT2D eigenvalue weighted by Gasteiger charge is 2.05. The maximum absolute atomic E-state index is 11.4. The number of rotatable bonds is 17. The minimum absolute atomic E-state index is 0.140. The molecule has 0 aliphatic rings. The zero-order valence-corrected chi connectivity index (χ0v) is 14.2. The summed E-state index contributed by atoms with van der Waals surface area (Å²) in [5.74, 6) is -0.140. The number of hydrogen-bond acceptors (Lipinski definition) is 8. The molecule has 0 radical (unpaired) electrons. The van der Waals surface area contributed by atoms with Crippen LogP contribution < -0.4 is 16.5 Å². The standard InChI is InChI=1S/C14H29N5O5/c1-16-19-18-5-7-23-9-11-24-10-8-22-6-4-17-14(21)3-2-13(15)12-20/h12-13H,2-11,15H2,1H3,(H,16,18)(H,17,21). The Kier molecular flexibility index (Phi) is 16.5. The number of nitrogens with two attached hydrogens (primary N) is 1. The largest absolute Gasteiger partial charge is 0.377 e. The molecule has 0 rings (SSSR count). The van der Waals surface area contributed by atoms with Crippen molar-refractivity contribution in [1.82, 2.24) is 10.7 Å². The molecule has 24 heavy (non-hydrogen) atoms. The van der Waals surface area contributed by atoms with Crippen LogP contribution in [0.4, 0.5) is 0 Å². The van der Waals surface area contributed by atoms with E-state index in [9.17, 15) is 9.59 Å². The lowest BCUT2D eigenvalue weighted by Gasteiger charge is -2.08. The first-order valence-corrected chi connectivity index (χ1v) is 7.93. The van der Waals surface area contributed by atoms with Crippen molar-refractivity contribution in [3.05, 3.63) is 0 Å². The van der Waals surface area contributed by atoms with Gasteiger partial charge in [0.05, 0.1) is 59.3 Å². The van der Waals surface area contributed by atoms with E-state index in [1.165, 1.54) is 0 Å². The normalized spacial score (nSPS) is 12.2. The van der Waals surface area contributed by atoms with Crippen LogP contribution in [0.5, 0.6) is 0 Å². The molecule has 0 spiro atoms. The van der Waals surface area contributed by atoms with Crippen molar-refractivity contribution >= 4 is 12.2 Å². The third-order valence-electron chi connectivity index (χ3n) is 2.72. The molecule has 0 aromatic rings. The number of ether oxygens (including phenoxy) is 3. The monoisotopic (exact) mass is 347 g/mol. The van der Waals surface area contributed by atoms with Gasteiger partial charge in [-0.25, -0.2) is 0 Å². The lowest BCUT2D eigenvalue weighted by Crippen LogP contribution is -2.30. The van der Waals surface area contributed by atoms with Crippen LogP contribution in [0.25, 0.3) is 0 Å². The Hall–Kier alpha value is -1.62. The first-order chi connectivity index (χ1) is 11.7. The Morgan fingerprint density at radius 1 is 1.08 bits per heavy atom. The third-order valence-corrected chi connectivity index (χ3v) is 2.72. The predicted molar refractivity (Wildman–Crippen MR) is 87.5 cm³/mol. The molecule has 1 amide bonds. The number of amides is 1. The van der Waals surface area contributed by atoms with Gasteiger partial charge in [-0.05, 0) is 6.42 Å². The lowest BCUT2D eigenvalue weighted by atomic mass is 10.2. The molecule has 0 aromatic carbocycles. The fourth-order valence-electron chi connectivity index (χ4n) is 1.50. The number of nitrogens with zero attached hydrogens (tertiary/aromatic N) is 2. The van der Waals surface area contributed by atoms with Crippen molar-refractivity contribution in [3.8, 4) is 0 Å². The van der Waals surface area contributed by atoms with Crippen molar-refractivity contribution in [3.63, 3.8) is 0 Å². The van der Waals surface area contributed by atoms with Crippen LogP contribution in [0.3, 0.4) is 0 Å². The summed E-state index contributed by atoms with van der Waals surface area (Å²) in [5.41, 5.74) is 8.11. The maximum Gasteiger partial charge on any atom is 0.220 e. The van der Waals surface area contributed by atoms with Crippen LogP contribution in [-0.2, 0) is 23.8 Å². The molecule has 1 unspecified atom stereocenters. The highest BCUT2D eigenvalue weighted by molar-refractivity contribution is 5.76. The number of aldehydes is 1. The molecule has 0 saturated carbocycles. The van der Waals surface area contributed by atoms with Gasteiger partial charge < -0.3 is 30.1 Å². The SMILES string of the molecule is CN=NNCCOCCOCCOCCNC(=O)CCC(N)C=O. The van der Waals surface area contributed by atoms with E-state index >= 15 is 0 Å². The van der Waals surface area contributed by atoms with Crippen LogP contribution in [0.15, 0.2) is 10.3 Å². The van der Waals surface area contributed by atoms with Crippen LogP contribution in [0.1, 0.15) is 12.8 Å². The Morgan fingerprint density at radius 2 is 1.67 bits per heavy atom. The lowest BCUT2D eigenvalue weighted by molar-refractivity contribution is -0.121. The maximum atomic E-state index is 11.4. The molecule has 10 heteroatoms. The van der Waals surface area contributed by atoms with Gasteiger partial charge >= 0.3 is 0 Å². The number of hydrogen-bond donors (Lipinski definition) is 3. The van der Waals surface area contributed by atoms with Crippen LogP contribution in [-0.4, -0.2) is 78.0 Å². The highest BCUT2D eigenvalue weighted by Crippen LogP contribution is 1.91. The van der Waals surface area contributed by atoms with E-state index in [0.29, 0.717) is 65.4 Å². The summed E-state index contributed by atoms with van der Waals surface area (Å²) in [6.07, 6.45) is 1.22. The van der Waals surface area contributed by atoms with Gasteiger partial charge in [0.25, 0.3) is 0 Å². The van der Waals surface area contributed by atoms with E-state index in [2.05, 4.69) is 21.1 Å². The van der Waals surface area contributed by atoms with E-state index in [-0.39, 0.29) is 12.3 Å². The first kappa shape index (κ1) is 22.4. The van der Waals surface area contributed by atoms with Gasteiger partial charge in [-0.15, -0.1) is 0 Å². The zero-order chi connectivity index (χ0) is 17.9. The van der Waals surface area contributed by atoms with Gasteiger partial charge in [0.15, 0.2) is 0 Å². The van der Waals surface area contributed by atoms with Gasteiger partial charge in [-0.2, -0.15) is 5.11 Å². The molecule has 0 bridgehead atoms. The second-order valence-corrected chi connectivity index (χ2v) is 4.73. The summed E-state index contributed by atoms with van der Waals surface area (Å²) in [4.78, 5) is 21.7. The number of nitrogens with one attached hydrogen (secondary N) is 2. The van der Waals surface area contributed by atoms with Crippen molar-refractivity contribution in [2.45, 2.75) is 18.9 Å². The van der Waals surface area contributed by atoms with E-state index in [1.807, 2.05) is 0 Å². The molecule has 1 atom stereocenters. The van der Waals surface area contributed by atoms with Gasteiger partial charge in [0.2, 0.25) is 5.91 Å². The third kappa shape index (κ3) is 16.7. The van der Waals surface area contributed by atoms with Crippen molar-refractivity contribution in [2.24, 2.45) is 16.1 Å². The summed E-state index contributed by atoms with van der Waals surface area (Å²) in [5, 5.41) is 9.81. The fraction of sp³-hybridized carbons (Fsp3) is 0.857. The molecular weight excluding hydrogens is 318 g/mol. The van der Waals surface area contributed by atoms with Gasteiger partial charge in [-0.3, -0.25) is 10.2 Å². The topological polar surface area (TPSA) is 137 Å². The molecule has 140 valence electrons. The second kappa shape index (κ2) is 17.7. The van der Waals surface area contributed by atoms with Crippen molar-refractivity contribution < 1.29 is 23.8 Å². The average Bonchev–Trinajstić information content (AvgIpc) is 2.59. The first-order valence-electron chi connectivity index (χ1n) is 7.93. The van der Waals surface area contributed by atoms with E-state index in [1.54, 1.807) is 7.05 Å². The molecule has 0 aliphatic heterocycles. The summed E-state index contributed by atoms with van der Waals surface area (Å²) in [7, 11) is 1.59. The smallest absolute Gasteiger partial charge is 0.220 e. The molecule has 0 fully saturated rings. The zero-order valence-electron chi connectivity index (χ0n) is 14.2. The molecule has 0 aromatic heterocycles. The minimum atomic E-state index is -0.578. The molecule has 0 saturated heterocycles. The van der Waals surface area contributed by atoms with Gasteiger partial charge in [0.1, 0.15) is 6.29 Å². The minimum Gasteiger partial charge on any atom is -0.377 e. The molecule has 0 aliphatic carbocycles. The Balaban J connectivity index is 3.17. The second-order valence-electron chi connectivity index (χ2n) is 4.73. The van der Waals surface area contributed by atoms with Gasteiger partial charge in [0, 0.05) is 13.0 Å². The number of carbonyl (C=O) groups is 2. The van der Waals surface area contributed by atoms with E-state index in [4.69, 9.17) is 19.9 Å². The van der Waals surface area contributed by atoms with E-state index < -0.39 is 6.04 Å². The Morgan fingerprint density at radius 3 is 2.25 bits per heavy atom. The molecule has 10 nitrogen and oxygen atoms in total. The molecule has 0 heterocycles. The van der Waals surface area contributed by atoms with Crippen molar-refractivity contribution in [2.75, 3.05) is 59.8 Å². The molecular formula is C14H29N5O5. The van der Waals surface area contributed by atoms with Crippen LogP contribution in [0, 0.1) is 0 Å². The summed E-state index contributed by atoms with van der Waals surface area (Å²) >= 11 is 0. The quantitative estimate of drug-likeness (QED) is 0.133. The van der Waals surface area contributed by atoms with E-state index in [0.717, 1.165) is 0 Å². The summed E-state index contributed by atoms with van der Waals surface area (Å²) in [6, 6.07) is -0.578. The Bertz CT molecular complexity index is 344. The van der Waals surface area contributed by atoms with Crippen LogP contribution >= 0.6 is 0 Å². The predicted octanol–water partition coefficient (Wildman–Crippen LogP) is -0.955. The number of carbonyl (C=O) groups excluding carboxylic acids is 2. The molecule has 4 N–H and O–H groups in total. The summed E-state index contributed by atoms with van der Waals surface area (Å²) in [6.45, 7) is 3.88. The average molecular weight is 347 g/mol. The fourth-order valence-corrected chi connectivity index (χ4v) is 1.50. The van der Waals surface area contributed by atoms with Crippen molar-refractivity contribution in [1.29, 1.82) is 0 Å². The summed E-state index contributed by atoms with van der Waals surface area (Å²) < 4.78 is 15.9. The highest BCUT2D eigenvalue weighted by atomic mass is 16.5.